The number of carbonyl (C=O) groups is 2. The number of amides is 1. The highest BCUT2D eigenvalue weighted by Crippen LogP contribution is 2.30. The van der Waals surface area contributed by atoms with Crippen LogP contribution in [0.5, 0.6) is 0 Å². The molecule has 1 amide bonds. The van der Waals surface area contributed by atoms with Crippen LogP contribution in [0.4, 0.5) is 0 Å². The van der Waals surface area contributed by atoms with Gasteiger partial charge in [0, 0.05) is 26.0 Å². The fraction of sp³-hybridized carbons (Fsp3) is 0.833. The fourth-order valence-electron chi connectivity index (χ4n) is 2.30. The lowest BCUT2D eigenvalue weighted by Gasteiger charge is -2.26. The number of methoxy groups -OCH3 is 1. The van der Waals surface area contributed by atoms with E-state index in [-0.39, 0.29) is 24.2 Å². The zero-order chi connectivity index (χ0) is 12.7. The van der Waals surface area contributed by atoms with Crippen LogP contribution in [0.3, 0.4) is 0 Å². The standard InChI is InChI=1S/C12H21NO4/c1-17-7-6-13-12(16)10-4-2-9(3-5-10)8-11(14)15/h9-10H,2-8H2,1H3,(H,13,16)(H,14,15). The highest BCUT2D eigenvalue weighted by Gasteiger charge is 2.26. The van der Waals surface area contributed by atoms with Crippen molar-refractivity contribution >= 4 is 11.9 Å². The SMILES string of the molecule is COCCNC(=O)C1CCC(CC(=O)O)CC1. The number of hydrogen-bond acceptors (Lipinski definition) is 3. The quantitative estimate of drug-likeness (QED) is 0.683. The first kappa shape index (κ1) is 14.0. The Balaban J connectivity index is 2.21. The lowest BCUT2D eigenvalue weighted by molar-refractivity contribution is -0.138. The van der Waals surface area contributed by atoms with Gasteiger partial charge in [0.25, 0.3) is 0 Å². The molecule has 0 radical (unpaired) electrons. The Bertz CT molecular complexity index is 259. The van der Waals surface area contributed by atoms with Gasteiger partial charge in [-0.3, -0.25) is 9.59 Å². The Morgan fingerprint density at radius 1 is 1.29 bits per heavy atom. The van der Waals surface area contributed by atoms with Crippen LogP contribution in [-0.2, 0) is 14.3 Å². The normalized spacial score (nSPS) is 24.3. The molecule has 0 saturated heterocycles. The van der Waals surface area contributed by atoms with Crippen molar-refractivity contribution in [3.8, 4) is 0 Å². The van der Waals surface area contributed by atoms with Crippen molar-refractivity contribution in [3.05, 3.63) is 0 Å². The third-order valence-corrected chi connectivity index (χ3v) is 3.29. The number of aliphatic carboxylic acids is 1. The minimum Gasteiger partial charge on any atom is -0.481 e. The van der Waals surface area contributed by atoms with E-state index in [1.807, 2.05) is 0 Å². The Labute approximate surface area is 102 Å². The first-order chi connectivity index (χ1) is 8.13. The Morgan fingerprint density at radius 3 is 2.47 bits per heavy atom. The first-order valence-electron chi connectivity index (χ1n) is 6.12. The molecule has 17 heavy (non-hydrogen) atoms. The molecule has 1 aliphatic rings. The van der Waals surface area contributed by atoms with Gasteiger partial charge < -0.3 is 15.2 Å². The van der Waals surface area contributed by atoms with Crippen LogP contribution in [0.25, 0.3) is 0 Å². The van der Waals surface area contributed by atoms with Gasteiger partial charge in [-0.05, 0) is 31.6 Å². The van der Waals surface area contributed by atoms with E-state index in [1.165, 1.54) is 0 Å². The molecule has 98 valence electrons. The summed E-state index contributed by atoms with van der Waals surface area (Å²) in [4.78, 5) is 22.3. The van der Waals surface area contributed by atoms with Gasteiger partial charge in [0.1, 0.15) is 0 Å². The van der Waals surface area contributed by atoms with Crippen LogP contribution >= 0.6 is 0 Å². The highest BCUT2D eigenvalue weighted by molar-refractivity contribution is 5.78. The monoisotopic (exact) mass is 243 g/mol. The third kappa shape index (κ3) is 5.17. The molecule has 0 aromatic rings. The van der Waals surface area contributed by atoms with E-state index >= 15 is 0 Å². The molecule has 0 bridgehead atoms. The summed E-state index contributed by atoms with van der Waals surface area (Å²) in [5, 5.41) is 11.5. The molecule has 0 atom stereocenters. The van der Waals surface area contributed by atoms with Crippen LogP contribution < -0.4 is 5.32 Å². The van der Waals surface area contributed by atoms with Crippen LogP contribution in [-0.4, -0.2) is 37.2 Å². The Kier molecular flexibility index (Phi) is 5.97. The van der Waals surface area contributed by atoms with Crippen LogP contribution in [0.15, 0.2) is 0 Å². The van der Waals surface area contributed by atoms with Crippen molar-refractivity contribution in [2.24, 2.45) is 11.8 Å². The van der Waals surface area contributed by atoms with E-state index in [0.29, 0.717) is 13.2 Å². The first-order valence-corrected chi connectivity index (χ1v) is 6.12. The van der Waals surface area contributed by atoms with Gasteiger partial charge in [0.05, 0.1) is 6.61 Å². The zero-order valence-corrected chi connectivity index (χ0v) is 10.3. The molecule has 0 spiro atoms. The second kappa shape index (κ2) is 7.27. The molecule has 1 rings (SSSR count). The van der Waals surface area contributed by atoms with Gasteiger partial charge in [-0.2, -0.15) is 0 Å². The molecule has 2 N–H and O–H groups in total. The molecule has 0 aliphatic heterocycles. The molecule has 0 aromatic carbocycles. The van der Waals surface area contributed by atoms with Crippen molar-refractivity contribution in [1.82, 2.24) is 5.32 Å². The second-order valence-electron chi connectivity index (χ2n) is 4.60. The molecule has 5 heteroatoms. The summed E-state index contributed by atoms with van der Waals surface area (Å²) in [5.74, 6) is -0.360. The van der Waals surface area contributed by atoms with Gasteiger partial charge in [0.2, 0.25) is 5.91 Å². The fourth-order valence-corrected chi connectivity index (χ4v) is 2.30. The van der Waals surface area contributed by atoms with Crippen molar-refractivity contribution in [3.63, 3.8) is 0 Å². The largest absolute Gasteiger partial charge is 0.481 e. The number of ether oxygens (including phenoxy) is 1. The third-order valence-electron chi connectivity index (χ3n) is 3.29. The van der Waals surface area contributed by atoms with Crippen molar-refractivity contribution in [2.45, 2.75) is 32.1 Å². The number of carboxylic acids is 1. The average molecular weight is 243 g/mol. The van der Waals surface area contributed by atoms with E-state index < -0.39 is 5.97 Å². The topological polar surface area (TPSA) is 75.6 Å². The van der Waals surface area contributed by atoms with Gasteiger partial charge in [-0.1, -0.05) is 0 Å². The van der Waals surface area contributed by atoms with E-state index in [9.17, 15) is 9.59 Å². The number of carbonyl (C=O) groups excluding carboxylic acids is 1. The number of hydrogen-bond donors (Lipinski definition) is 2. The average Bonchev–Trinajstić information content (AvgIpc) is 2.29. The molecule has 0 aromatic heterocycles. The predicted molar refractivity (Wildman–Crippen MR) is 62.6 cm³/mol. The smallest absolute Gasteiger partial charge is 0.303 e. The van der Waals surface area contributed by atoms with E-state index in [4.69, 9.17) is 9.84 Å². The summed E-state index contributed by atoms with van der Waals surface area (Å²) in [6, 6.07) is 0. The van der Waals surface area contributed by atoms with E-state index in [1.54, 1.807) is 7.11 Å². The maximum Gasteiger partial charge on any atom is 0.303 e. The maximum absolute atomic E-state index is 11.7. The van der Waals surface area contributed by atoms with Crippen LogP contribution in [0.1, 0.15) is 32.1 Å². The molecule has 1 fully saturated rings. The second-order valence-corrected chi connectivity index (χ2v) is 4.60. The molecule has 0 heterocycles. The molecule has 5 nitrogen and oxygen atoms in total. The minimum atomic E-state index is -0.738. The summed E-state index contributed by atoms with van der Waals surface area (Å²) < 4.78 is 4.86. The minimum absolute atomic E-state index is 0.0527. The summed E-state index contributed by atoms with van der Waals surface area (Å²) >= 11 is 0. The van der Waals surface area contributed by atoms with Crippen molar-refractivity contribution in [2.75, 3.05) is 20.3 Å². The van der Waals surface area contributed by atoms with Crippen LogP contribution in [0, 0.1) is 11.8 Å². The zero-order valence-electron chi connectivity index (χ0n) is 10.3. The van der Waals surface area contributed by atoms with Crippen molar-refractivity contribution in [1.29, 1.82) is 0 Å². The number of rotatable bonds is 6. The molecule has 1 aliphatic carbocycles. The summed E-state index contributed by atoms with van der Waals surface area (Å²) in [5.41, 5.74) is 0. The maximum atomic E-state index is 11.7. The summed E-state index contributed by atoms with van der Waals surface area (Å²) in [6.45, 7) is 1.07. The highest BCUT2D eigenvalue weighted by atomic mass is 16.5. The van der Waals surface area contributed by atoms with Crippen LogP contribution in [0.2, 0.25) is 0 Å². The predicted octanol–water partition coefficient (Wildman–Crippen LogP) is 1.03. The summed E-state index contributed by atoms with van der Waals surface area (Å²) in [7, 11) is 1.60. The van der Waals surface area contributed by atoms with Gasteiger partial charge >= 0.3 is 5.97 Å². The Hall–Kier alpha value is -1.10. The number of carboxylic acid groups (broad SMARTS) is 1. The molecule has 1 saturated carbocycles. The van der Waals surface area contributed by atoms with Gasteiger partial charge in [-0.15, -0.1) is 0 Å². The van der Waals surface area contributed by atoms with Gasteiger partial charge in [0.15, 0.2) is 0 Å². The number of nitrogens with one attached hydrogen (secondary N) is 1. The lowest BCUT2D eigenvalue weighted by Crippen LogP contribution is -2.35. The van der Waals surface area contributed by atoms with E-state index in [0.717, 1.165) is 25.7 Å². The summed E-state index contributed by atoms with van der Waals surface area (Å²) in [6.07, 6.45) is 3.52. The lowest BCUT2D eigenvalue weighted by atomic mass is 9.80. The van der Waals surface area contributed by atoms with Gasteiger partial charge in [-0.25, -0.2) is 0 Å². The Morgan fingerprint density at radius 2 is 1.94 bits per heavy atom. The molecular formula is C12H21NO4. The van der Waals surface area contributed by atoms with E-state index in [2.05, 4.69) is 5.32 Å². The van der Waals surface area contributed by atoms with Crippen molar-refractivity contribution < 1.29 is 19.4 Å². The molecule has 0 unspecified atom stereocenters. The molecular weight excluding hydrogens is 222 g/mol.